The van der Waals surface area contributed by atoms with Crippen molar-refractivity contribution < 1.29 is 4.74 Å². The number of aryl methyl sites for hydroxylation is 2. The highest BCUT2D eigenvalue weighted by Crippen LogP contribution is 2.20. The molecule has 0 bridgehead atoms. The summed E-state index contributed by atoms with van der Waals surface area (Å²) in [5, 5.41) is 0. The Balaban J connectivity index is 1.95. The van der Waals surface area contributed by atoms with Crippen molar-refractivity contribution in [2.75, 3.05) is 26.2 Å². The van der Waals surface area contributed by atoms with Crippen molar-refractivity contribution in [1.29, 1.82) is 0 Å². The van der Waals surface area contributed by atoms with Gasteiger partial charge in [-0.25, -0.2) is 4.98 Å². The molecule has 4 heteroatoms. The van der Waals surface area contributed by atoms with E-state index in [1.165, 1.54) is 31.5 Å². The van der Waals surface area contributed by atoms with Crippen molar-refractivity contribution in [3.63, 3.8) is 0 Å². The number of ether oxygens (including phenoxy) is 1. The van der Waals surface area contributed by atoms with Gasteiger partial charge >= 0.3 is 0 Å². The summed E-state index contributed by atoms with van der Waals surface area (Å²) in [6.45, 7) is 8.62. The lowest BCUT2D eigenvalue weighted by Gasteiger charge is -2.16. The van der Waals surface area contributed by atoms with Gasteiger partial charge in [0.05, 0.1) is 0 Å². The molecule has 0 amide bonds. The van der Waals surface area contributed by atoms with Crippen molar-refractivity contribution >= 4 is 0 Å². The standard InChI is InChI=1S/C14H23N3O/c1-11-9-12(2)16-14(13(11)10-15)18-8-7-17-5-3-4-6-17/h9H,3-8,10,15H2,1-2H3. The summed E-state index contributed by atoms with van der Waals surface area (Å²) in [5.41, 5.74) is 8.95. The maximum atomic E-state index is 5.82. The third-order valence-corrected chi connectivity index (χ3v) is 3.49. The van der Waals surface area contributed by atoms with Gasteiger partial charge in [0, 0.05) is 24.3 Å². The first kappa shape index (κ1) is 13.3. The number of pyridine rings is 1. The zero-order valence-corrected chi connectivity index (χ0v) is 11.4. The molecule has 1 fully saturated rings. The summed E-state index contributed by atoms with van der Waals surface area (Å²) < 4.78 is 5.82. The third-order valence-electron chi connectivity index (χ3n) is 3.49. The molecule has 0 atom stereocenters. The van der Waals surface area contributed by atoms with Gasteiger partial charge in [0.25, 0.3) is 0 Å². The van der Waals surface area contributed by atoms with Crippen molar-refractivity contribution in [2.45, 2.75) is 33.2 Å². The number of rotatable bonds is 5. The molecular weight excluding hydrogens is 226 g/mol. The zero-order chi connectivity index (χ0) is 13.0. The largest absolute Gasteiger partial charge is 0.476 e. The second-order valence-corrected chi connectivity index (χ2v) is 4.97. The first-order valence-electron chi connectivity index (χ1n) is 6.73. The smallest absolute Gasteiger partial charge is 0.218 e. The molecule has 1 aromatic rings. The van der Waals surface area contributed by atoms with Gasteiger partial charge in [0.2, 0.25) is 5.88 Å². The fraction of sp³-hybridized carbons (Fsp3) is 0.643. The maximum absolute atomic E-state index is 5.82. The van der Waals surface area contributed by atoms with Crippen LogP contribution >= 0.6 is 0 Å². The number of nitrogens with two attached hydrogens (primary N) is 1. The van der Waals surface area contributed by atoms with Gasteiger partial charge in [-0.1, -0.05) is 0 Å². The Bertz CT molecular complexity index is 400. The molecule has 18 heavy (non-hydrogen) atoms. The second-order valence-electron chi connectivity index (χ2n) is 4.97. The van der Waals surface area contributed by atoms with Gasteiger partial charge in [-0.3, -0.25) is 4.90 Å². The van der Waals surface area contributed by atoms with E-state index in [1.54, 1.807) is 0 Å². The average Bonchev–Trinajstić information content (AvgIpc) is 2.81. The molecule has 0 unspecified atom stereocenters. The van der Waals surface area contributed by atoms with Gasteiger partial charge in [-0.2, -0.15) is 0 Å². The Hall–Kier alpha value is -1.13. The van der Waals surface area contributed by atoms with Crippen LogP contribution in [0.15, 0.2) is 6.07 Å². The minimum atomic E-state index is 0.484. The normalized spacial score (nSPS) is 16.2. The quantitative estimate of drug-likeness (QED) is 0.862. The third kappa shape index (κ3) is 3.21. The van der Waals surface area contributed by atoms with Crippen molar-refractivity contribution in [1.82, 2.24) is 9.88 Å². The average molecular weight is 249 g/mol. The number of aromatic nitrogens is 1. The summed E-state index contributed by atoms with van der Waals surface area (Å²) in [5.74, 6) is 0.717. The van der Waals surface area contributed by atoms with E-state index < -0.39 is 0 Å². The molecular formula is C14H23N3O. The first-order chi connectivity index (χ1) is 8.70. The molecule has 2 N–H and O–H groups in total. The minimum absolute atomic E-state index is 0.484. The monoisotopic (exact) mass is 249 g/mol. The van der Waals surface area contributed by atoms with Crippen LogP contribution in [0.3, 0.4) is 0 Å². The molecule has 1 aliphatic rings. The Morgan fingerprint density at radius 3 is 2.72 bits per heavy atom. The SMILES string of the molecule is Cc1cc(C)c(CN)c(OCCN2CCCC2)n1. The number of hydrogen-bond donors (Lipinski definition) is 1. The zero-order valence-electron chi connectivity index (χ0n) is 11.4. The van der Waals surface area contributed by atoms with Gasteiger partial charge < -0.3 is 10.5 Å². The van der Waals surface area contributed by atoms with E-state index in [2.05, 4.69) is 22.9 Å². The lowest BCUT2D eigenvalue weighted by Crippen LogP contribution is -2.25. The topological polar surface area (TPSA) is 51.4 Å². The summed E-state index contributed by atoms with van der Waals surface area (Å²) in [7, 11) is 0. The lowest BCUT2D eigenvalue weighted by atomic mass is 10.1. The molecule has 4 nitrogen and oxygen atoms in total. The number of hydrogen-bond acceptors (Lipinski definition) is 4. The molecule has 0 radical (unpaired) electrons. The van der Waals surface area contributed by atoms with Crippen molar-refractivity contribution in [3.05, 3.63) is 22.9 Å². The predicted octanol–water partition coefficient (Wildman–Crippen LogP) is 1.63. The van der Waals surface area contributed by atoms with Crippen molar-refractivity contribution in [3.8, 4) is 5.88 Å². The molecule has 0 aromatic carbocycles. The van der Waals surface area contributed by atoms with E-state index in [-0.39, 0.29) is 0 Å². The van der Waals surface area contributed by atoms with E-state index in [0.717, 1.165) is 17.8 Å². The molecule has 2 rings (SSSR count). The molecule has 1 aromatic heterocycles. The maximum Gasteiger partial charge on any atom is 0.218 e. The Kier molecular flexibility index (Phi) is 4.55. The van der Waals surface area contributed by atoms with Crippen LogP contribution in [0.2, 0.25) is 0 Å². The second kappa shape index (κ2) is 6.16. The summed E-state index contributed by atoms with van der Waals surface area (Å²) in [6.07, 6.45) is 2.63. The molecule has 0 aliphatic carbocycles. The van der Waals surface area contributed by atoms with Gasteiger partial charge in [0.1, 0.15) is 6.61 Å². The van der Waals surface area contributed by atoms with Gasteiger partial charge in [-0.15, -0.1) is 0 Å². The summed E-state index contributed by atoms with van der Waals surface area (Å²) in [6, 6.07) is 2.05. The first-order valence-corrected chi connectivity index (χ1v) is 6.73. The summed E-state index contributed by atoms with van der Waals surface area (Å²) >= 11 is 0. The molecule has 2 heterocycles. The molecule has 1 saturated heterocycles. The van der Waals surface area contributed by atoms with Crippen LogP contribution < -0.4 is 10.5 Å². The number of nitrogens with zero attached hydrogens (tertiary/aromatic N) is 2. The Morgan fingerprint density at radius 2 is 2.06 bits per heavy atom. The molecule has 0 saturated carbocycles. The van der Waals surface area contributed by atoms with Crippen LogP contribution in [0.4, 0.5) is 0 Å². The van der Waals surface area contributed by atoms with Crippen LogP contribution in [-0.2, 0) is 6.54 Å². The minimum Gasteiger partial charge on any atom is -0.476 e. The highest BCUT2D eigenvalue weighted by Gasteiger charge is 2.12. The van der Waals surface area contributed by atoms with Crippen LogP contribution in [-0.4, -0.2) is 36.1 Å². The van der Waals surface area contributed by atoms with Crippen LogP contribution in [0, 0.1) is 13.8 Å². The summed E-state index contributed by atoms with van der Waals surface area (Å²) in [4.78, 5) is 6.88. The van der Waals surface area contributed by atoms with E-state index in [0.29, 0.717) is 19.0 Å². The van der Waals surface area contributed by atoms with Crippen LogP contribution in [0.25, 0.3) is 0 Å². The Morgan fingerprint density at radius 1 is 1.33 bits per heavy atom. The van der Waals surface area contributed by atoms with Gasteiger partial charge in [0.15, 0.2) is 0 Å². The molecule has 1 aliphatic heterocycles. The van der Waals surface area contributed by atoms with Crippen LogP contribution in [0.1, 0.15) is 29.7 Å². The highest BCUT2D eigenvalue weighted by molar-refractivity contribution is 5.35. The van der Waals surface area contributed by atoms with E-state index in [1.807, 2.05) is 6.92 Å². The van der Waals surface area contributed by atoms with Crippen molar-refractivity contribution in [2.24, 2.45) is 5.73 Å². The fourth-order valence-corrected chi connectivity index (χ4v) is 2.47. The lowest BCUT2D eigenvalue weighted by molar-refractivity contribution is 0.230. The van der Waals surface area contributed by atoms with E-state index in [4.69, 9.17) is 10.5 Å². The fourth-order valence-electron chi connectivity index (χ4n) is 2.47. The van der Waals surface area contributed by atoms with E-state index in [9.17, 15) is 0 Å². The Labute approximate surface area is 109 Å². The number of likely N-dealkylation sites (tertiary alicyclic amines) is 1. The van der Waals surface area contributed by atoms with Crippen LogP contribution in [0.5, 0.6) is 5.88 Å². The molecule has 0 spiro atoms. The van der Waals surface area contributed by atoms with Gasteiger partial charge in [-0.05, 0) is 51.4 Å². The van der Waals surface area contributed by atoms with E-state index >= 15 is 0 Å². The predicted molar refractivity (Wildman–Crippen MR) is 72.8 cm³/mol. The molecule has 100 valence electrons. The highest BCUT2D eigenvalue weighted by atomic mass is 16.5.